The van der Waals surface area contributed by atoms with Crippen molar-refractivity contribution < 1.29 is 5.11 Å². The minimum Gasteiger partial charge on any atom is -0.384 e. The maximum Gasteiger partial charge on any atom is 0.104 e. The largest absolute Gasteiger partial charge is 0.384 e. The summed E-state index contributed by atoms with van der Waals surface area (Å²) < 4.78 is 0. The van der Waals surface area contributed by atoms with Crippen LogP contribution in [0.1, 0.15) is 16.0 Å². The molecule has 0 aliphatic rings. The van der Waals surface area contributed by atoms with E-state index in [9.17, 15) is 0 Å². The summed E-state index contributed by atoms with van der Waals surface area (Å²) in [4.78, 5) is 3.16. The molecular formula is C16H14N2OS. The van der Waals surface area contributed by atoms with E-state index in [0.29, 0.717) is 12.1 Å². The lowest BCUT2D eigenvalue weighted by molar-refractivity contribution is 0.350. The molecule has 0 bridgehead atoms. The Morgan fingerprint density at radius 1 is 1.25 bits per heavy atom. The van der Waals surface area contributed by atoms with E-state index in [-0.39, 0.29) is 6.61 Å². The second kappa shape index (κ2) is 6.77. The summed E-state index contributed by atoms with van der Waals surface area (Å²) >= 11 is 1.63. The highest BCUT2D eigenvalue weighted by Crippen LogP contribution is 2.23. The molecular weight excluding hydrogens is 268 g/mol. The van der Waals surface area contributed by atoms with Crippen molar-refractivity contribution in [2.24, 2.45) is 0 Å². The van der Waals surface area contributed by atoms with E-state index in [1.807, 2.05) is 47.7 Å². The third-order valence-corrected chi connectivity index (χ3v) is 3.77. The minimum atomic E-state index is -0.137. The van der Waals surface area contributed by atoms with Gasteiger partial charge in [0.2, 0.25) is 0 Å². The molecule has 0 aliphatic carbocycles. The van der Waals surface area contributed by atoms with E-state index >= 15 is 0 Å². The molecule has 0 atom stereocenters. The van der Waals surface area contributed by atoms with Crippen LogP contribution in [0.25, 0.3) is 0 Å². The fourth-order valence-electron chi connectivity index (χ4n) is 1.91. The molecule has 20 heavy (non-hydrogen) atoms. The highest BCUT2D eigenvalue weighted by atomic mass is 32.1. The van der Waals surface area contributed by atoms with Crippen molar-refractivity contribution in [1.29, 1.82) is 5.26 Å². The minimum absolute atomic E-state index is 0.137. The van der Waals surface area contributed by atoms with Gasteiger partial charge < -0.3 is 10.0 Å². The molecule has 1 heterocycles. The predicted octanol–water partition coefficient (Wildman–Crippen LogP) is 2.60. The van der Waals surface area contributed by atoms with E-state index in [2.05, 4.69) is 17.9 Å². The number of rotatable bonds is 3. The monoisotopic (exact) mass is 282 g/mol. The molecule has 1 N–H and O–H groups in total. The van der Waals surface area contributed by atoms with Gasteiger partial charge in [-0.1, -0.05) is 24.0 Å². The first-order valence-corrected chi connectivity index (χ1v) is 7.00. The number of anilines is 1. The Bertz CT molecular complexity index is 688. The smallest absolute Gasteiger partial charge is 0.104 e. The van der Waals surface area contributed by atoms with Crippen LogP contribution in [0.3, 0.4) is 0 Å². The Balaban J connectivity index is 2.22. The van der Waals surface area contributed by atoms with Crippen LogP contribution in [-0.4, -0.2) is 18.8 Å². The summed E-state index contributed by atoms with van der Waals surface area (Å²) in [7, 11) is 1.96. The number of thiophene rings is 1. The molecule has 4 heteroatoms. The molecule has 0 fully saturated rings. The molecule has 0 saturated carbocycles. The topological polar surface area (TPSA) is 47.3 Å². The second-order valence-corrected chi connectivity index (χ2v) is 5.20. The van der Waals surface area contributed by atoms with Crippen LogP contribution >= 0.6 is 11.3 Å². The van der Waals surface area contributed by atoms with Crippen molar-refractivity contribution in [3.05, 3.63) is 51.7 Å². The Morgan fingerprint density at radius 3 is 2.80 bits per heavy atom. The van der Waals surface area contributed by atoms with Gasteiger partial charge in [-0.2, -0.15) is 5.26 Å². The molecule has 1 aromatic carbocycles. The number of aliphatic hydroxyl groups is 1. The summed E-state index contributed by atoms with van der Waals surface area (Å²) in [6, 6.07) is 11.7. The Labute approximate surface area is 122 Å². The zero-order valence-corrected chi connectivity index (χ0v) is 11.9. The van der Waals surface area contributed by atoms with E-state index in [1.54, 1.807) is 11.3 Å². The number of aliphatic hydroxyl groups excluding tert-OH is 1. The van der Waals surface area contributed by atoms with Gasteiger partial charge in [-0.15, -0.1) is 11.3 Å². The summed E-state index contributed by atoms with van der Waals surface area (Å²) in [6.07, 6.45) is 0. The van der Waals surface area contributed by atoms with Crippen LogP contribution in [0.4, 0.5) is 5.69 Å². The molecule has 2 rings (SSSR count). The first-order valence-electron chi connectivity index (χ1n) is 6.12. The van der Waals surface area contributed by atoms with Crippen molar-refractivity contribution in [2.45, 2.75) is 6.54 Å². The van der Waals surface area contributed by atoms with Crippen LogP contribution in [0.2, 0.25) is 0 Å². The van der Waals surface area contributed by atoms with Gasteiger partial charge in [-0.05, 0) is 23.6 Å². The van der Waals surface area contributed by atoms with Gasteiger partial charge in [0.25, 0.3) is 0 Å². The number of hydrogen-bond donors (Lipinski definition) is 1. The normalized spacial score (nSPS) is 9.45. The van der Waals surface area contributed by atoms with Crippen molar-refractivity contribution >= 4 is 17.0 Å². The van der Waals surface area contributed by atoms with Crippen LogP contribution in [0.15, 0.2) is 35.7 Å². The Morgan fingerprint density at radius 2 is 2.05 bits per heavy atom. The average Bonchev–Trinajstić information content (AvgIpc) is 2.92. The van der Waals surface area contributed by atoms with Crippen LogP contribution in [0, 0.1) is 23.2 Å². The molecule has 0 amide bonds. The fourth-order valence-corrected chi connectivity index (χ4v) is 2.79. The number of para-hydroxylation sites is 1. The number of benzene rings is 1. The van der Waals surface area contributed by atoms with Gasteiger partial charge in [0.1, 0.15) is 12.7 Å². The highest BCUT2D eigenvalue weighted by Gasteiger charge is 2.10. The van der Waals surface area contributed by atoms with E-state index in [4.69, 9.17) is 10.4 Å². The van der Waals surface area contributed by atoms with E-state index in [0.717, 1.165) is 16.1 Å². The molecule has 2 aromatic rings. The lowest BCUT2D eigenvalue weighted by Crippen LogP contribution is -2.17. The van der Waals surface area contributed by atoms with Crippen molar-refractivity contribution in [2.75, 3.05) is 18.6 Å². The first-order chi connectivity index (χ1) is 9.76. The van der Waals surface area contributed by atoms with E-state index < -0.39 is 0 Å². The van der Waals surface area contributed by atoms with Crippen LogP contribution < -0.4 is 4.90 Å². The summed E-state index contributed by atoms with van der Waals surface area (Å²) in [5.74, 6) is 5.62. The predicted molar refractivity (Wildman–Crippen MR) is 81.5 cm³/mol. The number of nitrogens with zero attached hydrogens (tertiary/aromatic N) is 2. The Kier molecular flexibility index (Phi) is 4.79. The standard InChI is InChI=1S/C16H14N2OS/c1-18(15-7-3-2-5-14(15)11-17)12-16-13(6-4-9-19)8-10-20-16/h2-3,5,7-8,10,19H,9,12H2,1H3. The lowest BCUT2D eigenvalue weighted by atomic mass is 10.1. The third-order valence-electron chi connectivity index (χ3n) is 2.86. The summed E-state index contributed by atoms with van der Waals surface area (Å²) in [5.41, 5.74) is 2.50. The van der Waals surface area contributed by atoms with Crippen LogP contribution in [-0.2, 0) is 6.54 Å². The zero-order chi connectivity index (χ0) is 14.4. The highest BCUT2D eigenvalue weighted by molar-refractivity contribution is 7.10. The van der Waals surface area contributed by atoms with Gasteiger partial charge in [0.05, 0.1) is 17.8 Å². The molecule has 1 aromatic heterocycles. The second-order valence-electron chi connectivity index (χ2n) is 4.20. The van der Waals surface area contributed by atoms with Gasteiger partial charge in [-0.3, -0.25) is 0 Å². The maximum absolute atomic E-state index is 9.14. The Hall–Kier alpha value is -2.27. The number of hydrogen-bond acceptors (Lipinski definition) is 4. The lowest BCUT2D eigenvalue weighted by Gasteiger charge is -2.19. The molecule has 100 valence electrons. The fraction of sp³-hybridized carbons (Fsp3) is 0.188. The maximum atomic E-state index is 9.14. The average molecular weight is 282 g/mol. The van der Waals surface area contributed by atoms with Crippen molar-refractivity contribution in [3.63, 3.8) is 0 Å². The van der Waals surface area contributed by atoms with Gasteiger partial charge in [-0.25, -0.2) is 0 Å². The SMILES string of the molecule is CN(Cc1sccc1C#CCO)c1ccccc1C#N. The van der Waals surface area contributed by atoms with E-state index in [1.165, 1.54) is 0 Å². The van der Waals surface area contributed by atoms with Gasteiger partial charge in [0.15, 0.2) is 0 Å². The number of nitriles is 1. The van der Waals surface area contributed by atoms with Gasteiger partial charge in [0, 0.05) is 17.5 Å². The summed E-state index contributed by atoms with van der Waals surface area (Å²) in [6.45, 7) is 0.550. The van der Waals surface area contributed by atoms with Crippen molar-refractivity contribution in [3.8, 4) is 17.9 Å². The quantitative estimate of drug-likeness (QED) is 0.880. The van der Waals surface area contributed by atoms with Gasteiger partial charge >= 0.3 is 0 Å². The zero-order valence-electron chi connectivity index (χ0n) is 11.1. The van der Waals surface area contributed by atoms with Crippen LogP contribution in [0.5, 0.6) is 0 Å². The molecule has 0 spiro atoms. The molecule has 0 aliphatic heterocycles. The molecule has 0 unspecified atom stereocenters. The third kappa shape index (κ3) is 3.19. The molecule has 0 radical (unpaired) electrons. The van der Waals surface area contributed by atoms with Crippen molar-refractivity contribution in [1.82, 2.24) is 0 Å². The summed E-state index contributed by atoms with van der Waals surface area (Å²) in [5, 5.41) is 19.9. The first kappa shape index (κ1) is 14.1. The molecule has 0 saturated heterocycles. The molecule has 3 nitrogen and oxygen atoms in total.